The summed E-state index contributed by atoms with van der Waals surface area (Å²) in [6, 6.07) is 0. The highest BCUT2D eigenvalue weighted by molar-refractivity contribution is 6.51. The fourth-order valence-corrected chi connectivity index (χ4v) is 2.06. The molecule has 0 aromatic rings. The van der Waals surface area contributed by atoms with Crippen LogP contribution in [0.3, 0.4) is 0 Å². The molecule has 0 bridgehead atoms. The van der Waals surface area contributed by atoms with Crippen molar-refractivity contribution >= 4 is 13.2 Å². The molecule has 1 rings (SSSR count). The number of hydrogen-bond donors (Lipinski definition) is 0. The summed E-state index contributed by atoms with van der Waals surface area (Å²) in [6.07, 6.45) is 1.53. The van der Waals surface area contributed by atoms with Gasteiger partial charge in [0.1, 0.15) is 6.61 Å². The normalized spacial score (nSPS) is 18.9. The largest absolute Gasteiger partial charge is 0.486 e. The highest BCUT2D eigenvalue weighted by Gasteiger charge is 2.49. The molecule has 0 spiro atoms. The van der Waals surface area contributed by atoms with Crippen LogP contribution in [0.2, 0.25) is 0 Å². The van der Waals surface area contributed by atoms with Gasteiger partial charge in [0.05, 0.1) is 37.6 Å². The molecule has 0 unspecified atom stereocenters. The number of amides is 1. The zero-order chi connectivity index (χ0) is 20.7. The zero-order valence-corrected chi connectivity index (χ0v) is 18.2. The Morgan fingerprint density at radius 1 is 1.00 bits per heavy atom. The third-order valence-corrected chi connectivity index (χ3v) is 4.88. The van der Waals surface area contributed by atoms with Crippen LogP contribution in [0.4, 0.5) is 4.79 Å². The van der Waals surface area contributed by atoms with Crippen LogP contribution in [0, 0.1) is 0 Å². The van der Waals surface area contributed by atoms with E-state index in [2.05, 4.69) is 0 Å². The molecule has 0 aliphatic carbocycles. The minimum absolute atomic E-state index is 0.223. The quantitative estimate of drug-likeness (QED) is 0.449. The Morgan fingerprint density at radius 2 is 1.52 bits per heavy atom. The van der Waals surface area contributed by atoms with Gasteiger partial charge in [0, 0.05) is 12.6 Å². The molecule has 0 N–H and O–H groups in total. The highest BCUT2D eigenvalue weighted by Crippen LogP contribution is 2.36. The van der Waals surface area contributed by atoms with Crippen LogP contribution in [-0.2, 0) is 23.5 Å². The Hall–Kier alpha value is -1.09. The molecule has 1 heterocycles. The van der Waals surface area contributed by atoms with Crippen LogP contribution in [0.5, 0.6) is 0 Å². The molecule has 0 saturated carbocycles. The van der Waals surface area contributed by atoms with E-state index in [4.69, 9.17) is 23.5 Å². The van der Waals surface area contributed by atoms with Crippen molar-refractivity contribution in [3.63, 3.8) is 0 Å². The molecule has 1 amide bonds. The predicted molar refractivity (Wildman–Crippen MR) is 106 cm³/mol. The standard InChI is InChI=1S/C19H36BNO6/c1-17(2,3)21(8)16(22)25-15-14-24-13-12-23-11-9-10-20-26-18(4,5)19(6,7)27-20/h9-10H,11-15H2,1-8H3/b10-9+. The molecule has 7 nitrogen and oxygen atoms in total. The van der Waals surface area contributed by atoms with Crippen molar-refractivity contribution in [2.24, 2.45) is 0 Å². The van der Waals surface area contributed by atoms with Gasteiger partial charge in [-0.25, -0.2) is 4.79 Å². The van der Waals surface area contributed by atoms with Gasteiger partial charge in [-0.05, 0) is 48.5 Å². The summed E-state index contributed by atoms with van der Waals surface area (Å²) in [5.41, 5.74) is -0.928. The lowest BCUT2D eigenvalue weighted by atomic mass is 9.90. The average molecular weight is 385 g/mol. The number of nitrogens with zero attached hydrogens (tertiary/aromatic N) is 1. The highest BCUT2D eigenvalue weighted by atomic mass is 16.7. The Kier molecular flexibility index (Phi) is 8.79. The topological polar surface area (TPSA) is 66.5 Å². The van der Waals surface area contributed by atoms with Gasteiger partial charge in [-0.1, -0.05) is 12.1 Å². The Balaban J connectivity index is 2.03. The summed E-state index contributed by atoms with van der Waals surface area (Å²) in [4.78, 5) is 13.3. The number of carbonyl (C=O) groups is 1. The van der Waals surface area contributed by atoms with Gasteiger partial charge in [-0.3, -0.25) is 0 Å². The first-order valence-electron chi connectivity index (χ1n) is 9.45. The predicted octanol–water partition coefficient (Wildman–Crippen LogP) is 3.07. The van der Waals surface area contributed by atoms with Crippen LogP contribution >= 0.6 is 0 Å². The third kappa shape index (κ3) is 7.82. The van der Waals surface area contributed by atoms with Gasteiger partial charge in [0.2, 0.25) is 0 Å². The zero-order valence-electron chi connectivity index (χ0n) is 18.2. The van der Waals surface area contributed by atoms with Crippen molar-refractivity contribution in [2.75, 3.05) is 40.1 Å². The molecule has 1 fully saturated rings. The summed E-state index contributed by atoms with van der Waals surface area (Å²) in [5.74, 6) is 1.86. The van der Waals surface area contributed by atoms with E-state index in [1.165, 1.54) is 0 Å². The second-order valence-electron chi connectivity index (χ2n) is 8.58. The smallest absolute Gasteiger partial charge is 0.447 e. The van der Waals surface area contributed by atoms with Crippen LogP contribution in [0.25, 0.3) is 0 Å². The average Bonchev–Trinajstić information content (AvgIpc) is 2.74. The van der Waals surface area contributed by atoms with E-state index < -0.39 is 0 Å². The van der Waals surface area contributed by atoms with Crippen molar-refractivity contribution in [1.29, 1.82) is 0 Å². The number of rotatable bonds is 9. The van der Waals surface area contributed by atoms with E-state index in [-0.39, 0.29) is 36.6 Å². The first-order valence-corrected chi connectivity index (χ1v) is 9.45. The van der Waals surface area contributed by atoms with Crippen LogP contribution < -0.4 is 0 Å². The monoisotopic (exact) mass is 385 g/mol. The Bertz CT molecular complexity index is 485. The first-order chi connectivity index (χ1) is 12.4. The van der Waals surface area contributed by atoms with Crippen molar-refractivity contribution in [3.05, 3.63) is 12.1 Å². The van der Waals surface area contributed by atoms with E-state index >= 15 is 0 Å². The number of hydrogen-bond acceptors (Lipinski definition) is 6. The van der Waals surface area contributed by atoms with E-state index in [9.17, 15) is 4.79 Å². The molecular formula is C19H36BNO6. The van der Waals surface area contributed by atoms with Gasteiger partial charge in [0.25, 0.3) is 0 Å². The maximum absolute atomic E-state index is 11.8. The maximum atomic E-state index is 11.8. The maximum Gasteiger partial charge on any atom is 0.486 e. The molecule has 0 atom stereocenters. The van der Waals surface area contributed by atoms with E-state index in [0.29, 0.717) is 26.4 Å². The van der Waals surface area contributed by atoms with Gasteiger partial charge in [0.15, 0.2) is 0 Å². The SMILES string of the molecule is CN(C(=O)OCCOCCOC/C=C/B1OC(C)(C)C(C)(C)O1)C(C)(C)C. The molecular weight excluding hydrogens is 349 g/mol. The molecule has 1 aliphatic heterocycles. The molecule has 0 aromatic carbocycles. The molecule has 156 valence electrons. The van der Waals surface area contributed by atoms with Gasteiger partial charge in [-0.2, -0.15) is 0 Å². The van der Waals surface area contributed by atoms with Crippen LogP contribution in [0.15, 0.2) is 12.1 Å². The first kappa shape index (κ1) is 24.0. The van der Waals surface area contributed by atoms with Crippen molar-refractivity contribution in [1.82, 2.24) is 4.90 Å². The fourth-order valence-electron chi connectivity index (χ4n) is 2.06. The van der Waals surface area contributed by atoms with Crippen molar-refractivity contribution < 1.29 is 28.3 Å². The summed E-state index contributed by atoms with van der Waals surface area (Å²) < 4.78 is 27.7. The number of carbonyl (C=O) groups excluding carboxylic acids is 1. The van der Waals surface area contributed by atoms with Crippen molar-refractivity contribution in [2.45, 2.75) is 65.2 Å². The molecule has 1 aliphatic rings. The van der Waals surface area contributed by atoms with E-state index in [1.54, 1.807) is 11.9 Å². The fraction of sp³-hybridized carbons (Fsp3) is 0.842. The number of ether oxygens (including phenoxy) is 3. The lowest BCUT2D eigenvalue weighted by molar-refractivity contribution is 0.00578. The minimum Gasteiger partial charge on any atom is -0.447 e. The Labute approximate surface area is 164 Å². The molecule has 0 radical (unpaired) electrons. The van der Waals surface area contributed by atoms with Crippen LogP contribution in [0.1, 0.15) is 48.5 Å². The van der Waals surface area contributed by atoms with Crippen molar-refractivity contribution in [3.8, 4) is 0 Å². The van der Waals surface area contributed by atoms with Gasteiger partial charge in [-0.15, -0.1) is 0 Å². The third-order valence-electron chi connectivity index (χ3n) is 4.88. The summed E-state index contributed by atoms with van der Waals surface area (Å²) >= 11 is 0. The second-order valence-corrected chi connectivity index (χ2v) is 8.58. The summed E-state index contributed by atoms with van der Waals surface area (Å²) in [5, 5.41) is 0. The molecule has 0 aromatic heterocycles. The van der Waals surface area contributed by atoms with E-state index in [1.807, 2.05) is 60.5 Å². The van der Waals surface area contributed by atoms with Gasteiger partial charge >= 0.3 is 13.2 Å². The molecule has 27 heavy (non-hydrogen) atoms. The summed E-state index contributed by atoms with van der Waals surface area (Å²) in [7, 11) is 1.37. The van der Waals surface area contributed by atoms with E-state index in [0.717, 1.165) is 0 Å². The lowest BCUT2D eigenvalue weighted by Crippen LogP contribution is -2.43. The summed E-state index contributed by atoms with van der Waals surface area (Å²) in [6.45, 7) is 15.9. The molecule has 8 heteroatoms. The minimum atomic E-state index is -0.352. The van der Waals surface area contributed by atoms with Crippen LogP contribution in [-0.4, -0.2) is 74.9 Å². The Morgan fingerprint density at radius 3 is 2.07 bits per heavy atom. The second kappa shape index (κ2) is 9.91. The van der Waals surface area contributed by atoms with Gasteiger partial charge < -0.3 is 28.4 Å². The molecule has 1 saturated heterocycles. The lowest BCUT2D eigenvalue weighted by Gasteiger charge is -2.32.